The van der Waals surface area contributed by atoms with E-state index in [0.717, 1.165) is 38.6 Å². The van der Waals surface area contributed by atoms with Gasteiger partial charge in [-0.1, -0.05) is 6.92 Å². The molecule has 0 aromatic rings. The number of thioether (sulfide) groups is 1. The molecule has 1 saturated carbocycles. The molecule has 20 heavy (non-hydrogen) atoms. The number of rotatable bonds is 3. The summed E-state index contributed by atoms with van der Waals surface area (Å²) in [4.78, 5) is 29.3. The Morgan fingerprint density at radius 1 is 1.20 bits per heavy atom. The molecular weight excluding hydrogens is 272 g/mol. The highest BCUT2D eigenvalue weighted by Gasteiger charge is 2.49. The van der Waals surface area contributed by atoms with Crippen molar-refractivity contribution >= 4 is 23.6 Å². The first-order valence-corrected chi connectivity index (χ1v) is 9.11. The van der Waals surface area contributed by atoms with Crippen molar-refractivity contribution in [1.29, 1.82) is 0 Å². The number of hydrogen-bond acceptors (Lipinski definition) is 3. The molecule has 112 valence electrons. The predicted molar refractivity (Wildman–Crippen MR) is 80.6 cm³/mol. The molecule has 0 spiro atoms. The average molecular weight is 296 g/mol. The molecule has 2 heterocycles. The first-order chi connectivity index (χ1) is 9.67. The second-order valence-corrected chi connectivity index (χ2v) is 7.32. The molecule has 0 aromatic carbocycles. The van der Waals surface area contributed by atoms with Crippen LogP contribution < -0.4 is 0 Å². The molecule has 4 atom stereocenters. The fourth-order valence-electron chi connectivity index (χ4n) is 4.11. The number of nitrogens with zero attached hydrogens (tertiary/aromatic N) is 2. The molecule has 0 radical (unpaired) electrons. The van der Waals surface area contributed by atoms with Gasteiger partial charge in [-0.05, 0) is 44.8 Å². The van der Waals surface area contributed by atoms with Gasteiger partial charge in [0.1, 0.15) is 12.1 Å². The first kappa shape index (κ1) is 14.2. The van der Waals surface area contributed by atoms with Crippen LogP contribution in [-0.4, -0.2) is 57.8 Å². The van der Waals surface area contributed by atoms with Gasteiger partial charge in [0.05, 0.1) is 0 Å². The summed E-state index contributed by atoms with van der Waals surface area (Å²) in [5, 5.41) is 0.655. The largest absolute Gasteiger partial charge is 0.329 e. The van der Waals surface area contributed by atoms with Crippen LogP contribution >= 0.6 is 11.8 Å². The molecule has 3 rings (SSSR count). The molecule has 2 saturated heterocycles. The number of piperazine rings is 1. The van der Waals surface area contributed by atoms with E-state index >= 15 is 0 Å². The monoisotopic (exact) mass is 296 g/mol. The number of carbonyl (C=O) groups is 2. The van der Waals surface area contributed by atoms with E-state index in [4.69, 9.17) is 0 Å². The van der Waals surface area contributed by atoms with Gasteiger partial charge in [0.2, 0.25) is 11.8 Å². The van der Waals surface area contributed by atoms with Crippen molar-refractivity contribution in [2.45, 2.75) is 68.8 Å². The van der Waals surface area contributed by atoms with Crippen LogP contribution in [0.25, 0.3) is 0 Å². The second-order valence-electron chi connectivity index (χ2n) is 6.18. The number of hydrogen-bond donors (Lipinski definition) is 0. The number of fused-ring (bicyclic) bond motifs is 1. The van der Waals surface area contributed by atoms with E-state index in [9.17, 15) is 9.59 Å². The highest BCUT2D eigenvalue weighted by molar-refractivity contribution is 7.99. The van der Waals surface area contributed by atoms with Crippen molar-refractivity contribution in [3.8, 4) is 0 Å². The van der Waals surface area contributed by atoms with Gasteiger partial charge >= 0.3 is 0 Å². The lowest BCUT2D eigenvalue weighted by atomic mass is 10.00. The Morgan fingerprint density at radius 3 is 2.65 bits per heavy atom. The van der Waals surface area contributed by atoms with E-state index in [-0.39, 0.29) is 29.9 Å². The first-order valence-electron chi connectivity index (χ1n) is 7.82. The minimum absolute atomic E-state index is 0.154. The Hall–Kier alpha value is -0.710. The predicted octanol–water partition coefficient (Wildman–Crippen LogP) is 1.88. The maximum absolute atomic E-state index is 12.8. The Labute approximate surface area is 125 Å². The van der Waals surface area contributed by atoms with E-state index in [1.54, 1.807) is 0 Å². The Balaban J connectivity index is 1.84. The van der Waals surface area contributed by atoms with E-state index in [1.807, 2.05) is 28.5 Å². The van der Waals surface area contributed by atoms with Crippen LogP contribution in [0.2, 0.25) is 0 Å². The fraction of sp³-hybridized carbons (Fsp3) is 0.867. The van der Waals surface area contributed by atoms with Crippen molar-refractivity contribution in [1.82, 2.24) is 9.80 Å². The Kier molecular flexibility index (Phi) is 3.98. The van der Waals surface area contributed by atoms with Gasteiger partial charge in [-0.25, -0.2) is 0 Å². The van der Waals surface area contributed by atoms with E-state index < -0.39 is 0 Å². The second kappa shape index (κ2) is 5.58. The van der Waals surface area contributed by atoms with Crippen LogP contribution in [0.1, 0.15) is 45.4 Å². The molecule has 0 aromatic heterocycles. The van der Waals surface area contributed by atoms with Crippen LogP contribution in [0.5, 0.6) is 0 Å². The van der Waals surface area contributed by atoms with Gasteiger partial charge in [-0.3, -0.25) is 9.59 Å². The lowest BCUT2D eigenvalue weighted by Gasteiger charge is -2.45. The van der Waals surface area contributed by atoms with Crippen molar-refractivity contribution in [2.75, 3.05) is 12.8 Å². The van der Waals surface area contributed by atoms with Crippen molar-refractivity contribution < 1.29 is 9.59 Å². The van der Waals surface area contributed by atoms with E-state index in [2.05, 4.69) is 6.26 Å². The molecule has 3 fully saturated rings. The van der Waals surface area contributed by atoms with Gasteiger partial charge < -0.3 is 9.80 Å². The number of amides is 2. The van der Waals surface area contributed by atoms with Crippen LogP contribution in [0.3, 0.4) is 0 Å². The molecule has 0 N–H and O–H groups in total. The topological polar surface area (TPSA) is 40.6 Å². The van der Waals surface area contributed by atoms with Gasteiger partial charge in [-0.15, -0.1) is 0 Å². The fourth-order valence-corrected chi connectivity index (χ4v) is 4.90. The van der Waals surface area contributed by atoms with Crippen molar-refractivity contribution in [3.63, 3.8) is 0 Å². The molecule has 3 aliphatic rings. The third-order valence-corrected chi connectivity index (χ3v) is 6.26. The lowest BCUT2D eigenvalue weighted by molar-refractivity contribution is -0.162. The van der Waals surface area contributed by atoms with Gasteiger partial charge in [-0.2, -0.15) is 11.8 Å². The summed E-state index contributed by atoms with van der Waals surface area (Å²) < 4.78 is 0. The van der Waals surface area contributed by atoms with Crippen LogP contribution in [0.15, 0.2) is 0 Å². The standard InChI is InChI=1S/C15H24N2O2S/c1-3-12-14(18)16-8-4-5-13(16)15(19)17(12)10-6-7-11(9-10)20-2/h10-13H,3-9H2,1-2H3. The summed E-state index contributed by atoms with van der Waals surface area (Å²) in [6.45, 7) is 2.80. The summed E-state index contributed by atoms with van der Waals surface area (Å²) in [5.74, 6) is 0.419. The molecule has 5 heteroatoms. The average Bonchev–Trinajstić information content (AvgIpc) is 3.10. The molecule has 1 aliphatic carbocycles. The Morgan fingerprint density at radius 2 is 2.00 bits per heavy atom. The van der Waals surface area contributed by atoms with Gasteiger partial charge in [0, 0.05) is 17.8 Å². The SMILES string of the molecule is CCC1C(=O)N2CCCC2C(=O)N1C1CCC(SC)C1. The highest BCUT2D eigenvalue weighted by Crippen LogP contribution is 2.37. The Bertz CT molecular complexity index is 415. The maximum atomic E-state index is 12.8. The van der Waals surface area contributed by atoms with Crippen LogP contribution in [0.4, 0.5) is 0 Å². The third kappa shape index (κ3) is 2.14. The normalized spacial score (nSPS) is 37.7. The molecule has 2 amide bonds. The zero-order chi connectivity index (χ0) is 14.3. The summed E-state index contributed by atoms with van der Waals surface area (Å²) in [7, 11) is 0. The summed E-state index contributed by atoms with van der Waals surface area (Å²) in [5.41, 5.74) is 0. The summed E-state index contributed by atoms with van der Waals surface area (Å²) in [6, 6.07) is -0.0716. The molecule has 4 unspecified atom stereocenters. The van der Waals surface area contributed by atoms with E-state index in [0.29, 0.717) is 5.25 Å². The van der Waals surface area contributed by atoms with Gasteiger partial charge in [0.25, 0.3) is 0 Å². The molecular formula is C15H24N2O2S. The molecule has 2 aliphatic heterocycles. The quantitative estimate of drug-likeness (QED) is 0.798. The van der Waals surface area contributed by atoms with Crippen molar-refractivity contribution in [3.05, 3.63) is 0 Å². The lowest BCUT2D eigenvalue weighted by Crippen LogP contribution is -2.64. The van der Waals surface area contributed by atoms with Gasteiger partial charge in [0.15, 0.2) is 0 Å². The zero-order valence-electron chi connectivity index (χ0n) is 12.4. The minimum atomic E-state index is -0.206. The smallest absolute Gasteiger partial charge is 0.246 e. The third-order valence-electron chi connectivity index (χ3n) is 5.17. The minimum Gasteiger partial charge on any atom is -0.329 e. The van der Waals surface area contributed by atoms with Crippen LogP contribution in [0, 0.1) is 0 Å². The highest BCUT2D eigenvalue weighted by atomic mass is 32.2. The molecule has 0 bridgehead atoms. The summed E-state index contributed by atoms with van der Waals surface area (Å²) in [6.07, 6.45) is 8.02. The maximum Gasteiger partial charge on any atom is 0.246 e. The molecule has 4 nitrogen and oxygen atoms in total. The van der Waals surface area contributed by atoms with Crippen LogP contribution in [-0.2, 0) is 9.59 Å². The zero-order valence-corrected chi connectivity index (χ0v) is 13.2. The summed E-state index contributed by atoms with van der Waals surface area (Å²) >= 11 is 1.90. The van der Waals surface area contributed by atoms with E-state index in [1.165, 1.54) is 6.42 Å². The van der Waals surface area contributed by atoms with Crippen molar-refractivity contribution in [2.24, 2.45) is 0 Å². The number of carbonyl (C=O) groups excluding carboxylic acids is 2.